The van der Waals surface area contributed by atoms with E-state index >= 15 is 0 Å². The second-order valence-corrected chi connectivity index (χ2v) is 14.8. The molecule has 0 aliphatic rings. The number of thiophene rings is 1. The fourth-order valence-electron chi connectivity index (χ4n) is 7.77. The molecule has 10 rings (SSSR count). The van der Waals surface area contributed by atoms with Crippen LogP contribution in [0.3, 0.4) is 0 Å². The Labute approximate surface area is 319 Å². The molecule has 0 bridgehead atoms. The van der Waals surface area contributed by atoms with Crippen molar-refractivity contribution in [2.75, 3.05) is 4.90 Å². The van der Waals surface area contributed by atoms with Gasteiger partial charge in [-0.05, 0) is 104 Å². The van der Waals surface area contributed by atoms with Crippen molar-refractivity contribution in [2.45, 2.75) is 0 Å². The first-order valence-corrected chi connectivity index (χ1v) is 19.2. The van der Waals surface area contributed by atoms with Crippen LogP contribution in [0.15, 0.2) is 212 Å². The predicted molar refractivity (Wildman–Crippen MR) is 233 cm³/mol. The van der Waals surface area contributed by atoms with E-state index in [4.69, 9.17) is 0 Å². The average Bonchev–Trinajstić information content (AvgIpc) is 3.64. The summed E-state index contributed by atoms with van der Waals surface area (Å²) in [5.41, 5.74) is 13.1. The highest BCUT2D eigenvalue weighted by Crippen LogP contribution is 2.46. The molecule has 2 heteroatoms. The standard InChI is InChI=1S/C52H35NS/c1-3-13-36(14-4-1)37-25-27-38(28-26-37)41-19-11-20-45(33-41)53(50-23-12-22-47-46-21-9-10-24-51(46)54-52(47)50)44-31-29-40(30-32-44)49-35-43-18-8-7-17-42(43)34-48(49)39-15-5-2-6-16-39/h1-35H. The van der Waals surface area contributed by atoms with E-state index in [1.807, 2.05) is 11.3 Å². The molecule has 0 fully saturated rings. The Morgan fingerprint density at radius 2 is 0.815 bits per heavy atom. The molecule has 0 atom stereocenters. The third-order valence-corrected chi connectivity index (χ3v) is 11.7. The van der Waals surface area contributed by atoms with Gasteiger partial charge in [0.05, 0.1) is 10.4 Å². The number of anilines is 3. The Hall–Kier alpha value is -6.74. The first-order valence-electron chi connectivity index (χ1n) is 18.4. The largest absolute Gasteiger partial charge is 0.309 e. The van der Waals surface area contributed by atoms with Gasteiger partial charge in [0.25, 0.3) is 0 Å². The number of benzene rings is 9. The van der Waals surface area contributed by atoms with Gasteiger partial charge >= 0.3 is 0 Å². The van der Waals surface area contributed by atoms with Crippen LogP contribution in [-0.2, 0) is 0 Å². The third kappa shape index (κ3) is 5.84. The Morgan fingerprint density at radius 3 is 1.52 bits per heavy atom. The van der Waals surface area contributed by atoms with Crippen LogP contribution < -0.4 is 4.90 Å². The number of hydrogen-bond acceptors (Lipinski definition) is 2. The molecule has 0 N–H and O–H groups in total. The average molecular weight is 706 g/mol. The lowest BCUT2D eigenvalue weighted by atomic mass is 9.91. The fraction of sp³-hybridized carbons (Fsp3) is 0. The monoisotopic (exact) mass is 705 g/mol. The van der Waals surface area contributed by atoms with Crippen LogP contribution in [-0.4, -0.2) is 0 Å². The lowest BCUT2D eigenvalue weighted by molar-refractivity contribution is 1.30. The van der Waals surface area contributed by atoms with Gasteiger partial charge in [-0.25, -0.2) is 0 Å². The maximum absolute atomic E-state index is 2.43. The molecule has 1 nitrogen and oxygen atoms in total. The summed E-state index contributed by atoms with van der Waals surface area (Å²) >= 11 is 1.87. The molecular formula is C52H35NS. The molecule has 0 unspecified atom stereocenters. The second kappa shape index (κ2) is 13.7. The van der Waals surface area contributed by atoms with Gasteiger partial charge in [0.1, 0.15) is 0 Å². The Morgan fingerprint density at radius 1 is 0.315 bits per heavy atom. The predicted octanol–water partition coefficient (Wildman–Crippen LogP) is 15.3. The number of hydrogen-bond donors (Lipinski definition) is 0. The molecule has 0 radical (unpaired) electrons. The van der Waals surface area contributed by atoms with Crippen molar-refractivity contribution in [3.8, 4) is 44.5 Å². The zero-order valence-corrected chi connectivity index (χ0v) is 30.4. The topological polar surface area (TPSA) is 3.24 Å². The summed E-state index contributed by atoms with van der Waals surface area (Å²) in [6.07, 6.45) is 0. The highest BCUT2D eigenvalue weighted by molar-refractivity contribution is 7.26. The molecule has 0 aliphatic heterocycles. The van der Waals surface area contributed by atoms with Gasteiger partial charge in [-0.3, -0.25) is 0 Å². The molecule has 0 saturated heterocycles. The highest BCUT2D eigenvalue weighted by Gasteiger charge is 2.19. The molecule has 0 amide bonds. The van der Waals surface area contributed by atoms with Gasteiger partial charge in [-0.15, -0.1) is 11.3 Å². The summed E-state index contributed by atoms with van der Waals surface area (Å²) in [5, 5.41) is 5.06. The first kappa shape index (κ1) is 32.0. The molecule has 54 heavy (non-hydrogen) atoms. The van der Waals surface area contributed by atoms with E-state index in [1.54, 1.807) is 0 Å². The summed E-state index contributed by atoms with van der Waals surface area (Å²) in [6, 6.07) is 77.1. The number of rotatable bonds is 7. The zero-order valence-electron chi connectivity index (χ0n) is 29.6. The van der Waals surface area contributed by atoms with Crippen molar-refractivity contribution >= 4 is 59.3 Å². The second-order valence-electron chi connectivity index (χ2n) is 13.7. The van der Waals surface area contributed by atoms with E-state index in [9.17, 15) is 0 Å². The van der Waals surface area contributed by atoms with E-state index in [2.05, 4.69) is 217 Å². The van der Waals surface area contributed by atoms with E-state index in [1.165, 1.54) is 81.1 Å². The van der Waals surface area contributed by atoms with E-state index in [-0.39, 0.29) is 0 Å². The maximum atomic E-state index is 2.43. The molecule has 10 aromatic rings. The van der Waals surface area contributed by atoms with Crippen molar-refractivity contribution < 1.29 is 0 Å². The molecule has 0 saturated carbocycles. The van der Waals surface area contributed by atoms with E-state index < -0.39 is 0 Å². The van der Waals surface area contributed by atoms with Crippen LogP contribution in [0.4, 0.5) is 17.1 Å². The Bertz CT molecular complexity index is 2910. The zero-order chi connectivity index (χ0) is 35.8. The Kier molecular flexibility index (Phi) is 8.09. The van der Waals surface area contributed by atoms with E-state index in [0.717, 1.165) is 11.4 Å². The number of fused-ring (bicyclic) bond motifs is 4. The van der Waals surface area contributed by atoms with Crippen LogP contribution in [0.25, 0.3) is 75.5 Å². The summed E-state index contributed by atoms with van der Waals surface area (Å²) in [4.78, 5) is 2.43. The van der Waals surface area contributed by atoms with Gasteiger partial charge in [0, 0.05) is 26.8 Å². The molecule has 9 aromatic carbocycles. The van der Waals surface area contributed by atoms with Crippen LogP contribution in [0.2, 0.25) is 0 Å². The van der Waals surface area contributed by atoms with Crippen molar-refractivity contribution in [2.24, 2.45) is 0 Å². The lowest BCUT2D eigenvalue weighted by Crippen LogP contribution is -2.10. The third-order valence-electron chi connectivity index (χ3n) is 10.5. The van der Waals surface area contributed by atoms with Crippen LogP contribution in [0.5, 0.6) is 0 Å². The van der Waals surface area contributed by atoms with Gasteiger partial charge in [0.2, 0.25) is 0 Å². The van der Waals surface area contributed by atoms with Gasteiger partial charge < -0.3 is 4.90 Å². The number of nitrogens with zero attached hydrogens (tertiary/aromatic N) is 1. The molecule has 1 aromatic heterocycles. The molecular weight excluding hydrogens is 671 g/mol. The van der Waals surface area contributed by atoms with E-state index in [0.29, 0.717) is 0 Å². The summed E-state index contributed by atoms with van der Waals surface area (Å²) in [5.74, 6) is 0. The Balaban J connectivity index is 1.11. The smallest absolute Gasteiger partial charge is 0.0640 e. The van der Waals surface area contributed by atoms with Crippen molar-refractivity contribution in [1.29, 1.82) is 0 Å². The minimum Gasteiger partial charge on any atom is -0.309 e. The molecule has 0 aliphatic carbocycles. The van der Waals surface area contributed by atoms with Gasteiger partial charge in [0.15, 0.2) is 0 Å². The summed E-state index contributed by atoms with van der Waals surface area (Å²) < 4.78 is 2.58. The normalized spacial score (nSPS) is 11.3. The highest BCUT2D eigenvalue weighted by atomic mass is 32.1. The molecule has 0 spiro atoms. The van der Waals surface area contributed by atoms with Crippen LogP contribution >= 0.6 is 11.3 Å². The first-order chi connectivity index (χ1) is 26.8. The van der Waals surface area contributed by atoms with Crippen molar-refractivity contribution in [3.63, 3.8) is 0 Å². The van der Waals surface area contributed by atoms with Crippen LogP contribution in [0.1, 0.15) is 0 Å². The van der Waals surface area contributed by atoms with Gasteiger partial charge in [-0.2, -0.15) is 0 Å². The minimum atomic E-state index is 1.11. The lowest BCUT2D eigenvalue weighted by Gasteiger charge is -2.27. The van der Waals surface area contributed by atoms with Crippen molar-refractivity contribution in [3.05, 3.63) is 212 Å². The SMILES string of the molecule is c1ccc(-c2ccc(-c3cccc(N(c4ccc(-c5cc6ccccc6cc5-c5ccccc5)cc4)c4cccc5c4sc4ccccc45)c3)cc2)cc1. The summed E-state index contributed by atoms with van der Waals surface area (Å²) in [6.45, 7) is 0. The van der Waals surface area contributed by atoms with Crippen LogP contribution in [0, 0.1) is 0 Å². The fourth-order valence-corrected chi connectivity index (χ4v) is 8.98. The molecule has 1 heterocycles. The summed E-state index contributed by atoms with van der Waals surface area (Å²) in [7, 11) is 0. The minimum absolute atomic E-state index is 1.11. The maximum Gasteiger partial charge on any atom is 0.0640 e. The quantitative estimate of drug-likeness (QED) is 0.160. The molecule has 254 valence electrons. The van der Waals surface area contributed by atoms with Crippen molar-refractivity contribution in [1.82, 2.24) is 0 Å². The van der Waals surface area contributed by atoms with Gasteiger partial charge in [-0.1, -0.05) is 164 Å².